The first-order valence-corrected chi connectivity index (χ1v) is 4.76. The van der Waals surface area contributed by atoms with Crippen LogP contribution in [0.25, 0.3) is 12.2 Å². The minimum absolute atomic E-state index is 0.891. The molecule has 0 amide bonds. The largest absolute Gasteiger partial charge is 0.366 e. The summed E-state index contributed by atoms with van der Waals surface area (Å²) in [5.41, 5.74) is 3.10. The van der Waals surface area contributed by atoms with Crippen LogP contribution in [0.1, 0.15) is 16.7 Å². The van der Waals surface area contributed by atoms with Gasteiger partial charge in [0.2, 0.25) is 0 Å². The highest BCUT2D eigenvalue weighted by molar-refractivity contribution is 5.72. The van der Waals surface area contributed by atoms with Gasteiger partial charge in [-0.2, -0.15) is 0 Å². The van der Waals surface area contributed by atoms with Gasteiger partial charge in [-0.1, -0.05) is 48.4 Å². The van der Waals surface area contributed by atoms with Gasteiger partial charge in [0.25, 0.3) is 0 Å². The topological polar surface area (TPSA) is 15.8 Å². The van der Waals surface area contributed by atoms with E-state index in [2.05, 4.69) is 23.0 Å². The molecule has 2 rings (SSSR count). The molecule has 1 N–H and O–H groups in total. The van der Waals surface area contributed by atoms with Crippen molar-refractivity contribution in [1.82, 2.24) is 4.98 Å². The SMILES string of the molecule is C#Cc1c[nH]cc1/C=C/c1ccccc1. The number of hydrogen-bond donors (Lipinski definition) is 1. The first-order chi connectivity index (χ1) is 7.40. The van der Waals surface area contributed by atoms with Crippen LogP contribution in [0.4, 0.5) is 0 Å². The van der Waals surface area contributed by atoms with Crippen molar-refractivity contribution in [1.29, 1.82) is 0 Å². The van der Waals surface area contributed by atoms with E-state index >= 15 is 0 Å². The molecule has 0 radical (unpaired) electrons. The summed E-state index contributed by atoms with van der Waals surface area (Å²) in [6.07, 6.45) is 13.1. The van der Waals surface area contributed by atoms with Gasteiger partial charge in [-0.3, -0.25) is 0 Å². The first-order valence-electron chi connectivity index (χ1n) is 4.76. The Morgan fingerprint density at radius 1 is 1.07 bits per heavy atom. The lowest BCUT2D eigenvalue weighted by Crippen LogP contribution is -1.72. The fourth-order valence-electron chi connectivity index (χ4n) is 1.39. The van der Waals surface area contributed by atoms with Gasteiger partial charge >= 0.3 is 0 Å². The van der Waals surface area contributed by atoms with Crippen LogP contribution in [0.3, 0.4) is 0 Å². The maximum atomic E-state index is 5.36. The molecule has 0 saturated heterocycles. The summed E-state index contributed by atoms with van der Waals surface area (Å²) in [4.78, 5) is 2.99. The zero-order valence-corrected chi connectivity index (χ0v) is 8.27. The number of nitrogens with one attached hydrogen (secondary N) is 1. The van der Waals surface area contributed by atoms with Crippen LogP contribution >= 0.6 is 0 Å². The van der Waals surface area contributed by atoms with Crippen LogP contribution in [-0.4, -0.2) is 4.98 Å². The van der Waals surface area contributed by atoms with E-state index in [1.807, 2.05) is 42.7 Å². The molecule has 0 aliphatic carbocycles. The average Bonchev–Trinajstić information content (AvgIpc) is 2.75. The summed E-state index contributed by atoms with van der Waals surface area (Å²) in [5, 5.41) is 0. The van der Waals surface area contributed by atoms with Gasteiger partial charge in [0, 0.05) is 23.5 Å². The van der Waals surface area contributed by atoms with E-state index in [-0.39, 0.29) is 0 Å². The van der Waals surface area contributed by atoms with E-state index < -0.39 is 0 Å². The Kier molecular flexibility index (Phi) is 2.71. The van der Waals surface area contributed by atoms with Gasteiger partial charge in [-0.05, 0) is 5.56 Å². The van der Waals surface area contributed by atoms with Gasteiger partial charge < -0.3 is 4.98 Å². The second kappa shape index (κ2) is 4.34. The Hall–Kier alpha value is -2.20. The third-order valence-corrected chi connectivity index (χ3v) is 2.19. The van der Waals surface area contributed by atoms with Crippen molar-refractivity contribution in [2.75, 3.05) is 0 Å². The summed E-state index contributed by atoms with van der Waals surface area (Å²) in [6, 6.07) is 10.1. The molecular weight excluding hydrogens is 182 g/mol. The van der Waals surface area contributed by atoms with Gasteiger partial charge in [0.15, 0.2) is 0 Å². The Morgan fingerprint density at radius 2 is 1.87 bits per heavy atom. The highest BCUT2D eigenvalue weighted by atomic mass is 14.6. The molecule has 1 heteroatoms. The standard InChI is InChI=1S/C14H11N/c1-2-13-10-15-11-14(13)9-8-12-6-4-3-5-7-12/h1,3-11,15H/b9-8+. The van der Waals surface area contributed by atoms with Crippen LogP contribution < -0.4 is 0 Å². The minimum Gasteiger partial charge on any atom is -0.366 e. The smallest absolute Gasteiger partial charge is 0.0489 e. The van der Waals surface area contributed by atoms with Gasteiger partial charge in [0.05, 0.1) is 0 Å². The van der Waals surface area contributed by atoms with Crippen LogP contribution in [-0.2, 0) is 0 Å². The van der Waals surface area contributed by atoms with Crippen molar-refractivity contribution in [2.24, 2.45) is 0 Å². The molecule has 0 spiro atoms. The number of aromatic nitrogens is 1. The lowest BCUT2D eigenvalue weighted by atomic mass is 10.1. The van der Waals surface area contributed by atoms with Crippen molar-refractivity contribution in [3.8, 4) is 12.3 Å². The molecule has 1 nitrogen and oxygen atoms in total. The molecule has 0 aliphatic rings. The van der Waals surface area contributed by atoms with E-state index in [0.29, 0.717) is 0 Å². The zero-order valence-electron chi connectivity index (χ0n) is 8.27. The number of aromatic amines is 1. The molecule has 0 aliphatic heterocycles. The van der Waals surface area contributed by atoms with Crippen molar-refractivity contribution >= 4 is 12.2 Å². The molecule has 0 saturated carbocycles. The van der Waals surface area contributed by atoms with E-state index in [0.717, 1.165) is 11.1 Å². The predicted octanol–water partition coefficient (Wildman–Crippen LogP) is 3.17. The molecule has 72 valence electrons. The Bertz CT molecular complexity index is 498. The Morgan fingerprint density at radius 3 is 2.60 bits per heavy atom. The van der Waals surface area contributed by atoms with Crippen LogP contribution in [0.5, 0.6) is 0 Å². The van der Waals surface area contributed by atoms with E-state index in [1.165, 1.54) is 5.56 Å². The van der Waals surface area contributed by atoms with Crippen molar-refractivity contribution in [3.05, 3.63) is 59.4 Å². The lowest BCUT2D eigenvalue weighted by molar-refractivity contribution is 1.41. The number of benzene rings is 1. The number of terminal acetylenes is 1. The van der Waals surface area contributed by atoms with Crippen LogP contribution in [0.2, 0.25) is 0 Å². The highest BCUT2D eigenvalue weighted by Gasteiger charge is 1.95. The monoisotopic (exact) mass is 193 g/mol. The molecule has 15 heavy (non-hydrogen) atoms. The lowest BCUT2D eigenvalue weighted by Gasteiger charge is -1.91. The van der Waals surface area contributed by atoms with Gasteiger partial charge in [-0.25, -0.2) is 0 Å². The second-order valence-corrected chi connectivity index (χ2v) is 3.21. The van der Waals surface area contributed by atoms with Crippen LogP contribution in [0, 0.1) is 12.3 Å². The van der Waals surface area contributed by atoms with Crippen molar-refractivity contribution < 1.29 is 0 Å². The molecule has 0 unspecified atom stereocenters. The number of H-pyrrole nitrogens is 1. The maximum Gasteiger partial charge on any atom is 0.0489 e. The molecule has 0 fully saturated rings. The third-order valence-electron chi connectivity index (χ3n) is 2.19. The number of rotatable bonds is 2. The Balaban J connectivity index is 2.23. The predicted molar refractivity (Wildman–Crippen MR) is 64.1 cm³/mol. The molecule has 1 heterocycles. The normalized spacial score (nSPS) is 10.3. The van der Waals surface area contributed by atoms with Gasteiger partial charge in [0.1, 0.15) is 0 Å². The quantitative estimate of drug-likeness (QED) is 0.705. The average molecular weight is 193 g/mol. The van der Waals surface area contributed by atoms with Crippen molar-refractivity contribution in [2.45, 2.75) is 0 Å². The van der Waals surface area contributed by atoms with E-state index in [9.17, 15) is 0 Å². The minimum atomic E-state index is 0.891. The van der Waals surface area contributed by atoms with E-state index in [4.69, 9.17) is 6.42 Å². The number of hydrogen-bond acceptors (Lipinski definition) is 0. The first kappa shape index (κ1) is 9.36. The fraction of sp³-hybridized carbons (Fsp3) is 0. The maximum absolute atomic E-state index is 5.36. The van der Waals surface area contributed by atoms with Crippen molar-refractivity contribution in [3.63, 3.8) is 0 Å². The summed E-state index contributed by atoms with van der Waals surface area (Å²) < 4.78 is 0. The molecule has 1 aromatic carbocycles. The van der Waals surface area contributed by atoms with Crippen LogP contribution in [0.15, 0.2) is 42.7 Å². The zero-order chi connectivity index (χ0) is 10.5. The molecule has 0 bridgehead atoms. The molecule has 0 atom stereocenters. The molecular formula is C14H11N. The van der Waals surface area contributed by atoms with Gasteiger partial charge in [-0.15, -0.1) is 6.42 Å². The summed E-state index contributed by atoms with van der Waals surface area (Å²) in [6.45, 7) is 0. The second-order valence-electron chi connectivity index (χ2n) is 3.21. The summed E-state index contributed by atoms with van der Waals surface area (Å²) in [5.74, 6) is 2.63. The third kappa shape index (κ3) is 2.18. The molecule has 1 aromatic heterocycles. The fourth-order valence-corrected chi connectivity index (χ4v) is 1.39. The molecule has 2 aromatic rings. The van der Waals surface area contributed by atoms with E-state index in [1.54, 1.807) is 0 Å². The summed E-state index contributed by atoms with van der Waals surface area (Å²) >= 11 is 0. The summed E-state index contributed by atoms with van der Waals surface area (Å²) in [7, 11) is 0. The Labute approximate surface area is 89.5 Å². The highest BCUT2D eigenvalue weighted by Crippen LogP contribution is 2.11.